The lowest BCUT2D eigenvalue weighted by molar-refractivity contribution is -0.143. The molecule has 0 unspecified atom stereocenters. The van der Waals surface area contributed by atoms with Crippen LogP contribution in [-0.4, -0.2) is 23.3 Å². The van der Waals surface area contributed by atoms with Gasteiger partial charge in [0.15, 0.2) is 0 Å². The molecule has 2 rings (SSSR count). The van der Waals surface area contributed by atoms with E-state index in [-0.39, 0.29) is 0 Å². The van der Waals surface area contributed by atoms with Crippen molar-refractivity contribution in [2.24, 2.45) is 0 Å². The van der Waals surface area contributed by atoms with E-state index < -0.39 is 11.8 Å². The van der Waals surface area contributed by atoms with Gasteiger partial charge in [0, 0.05) is 13.1 Å². The number of hydrogen-bond acceptors (Lipinski definition) is 2. The van der Waals surface area contributed by atoms with E-state index in [9.17, 15) is 9.59 Å². The van der Waals surface area contributed by atoms with Gasteiger partial charge in [0.1, 0.15) is 0 Å². The first-order valence-corrected chi connectivity index (χ1v) is 7.38. The Balaban J connectivity index is 2.05. The van der Waals surface area contributed by atoms with Crippen LogP contribution < -0.4 is 5.32 Å². The molecule has 2 amide bonds. The molecule has 4 nitrogen and oxygen atoms in total. The van der Waals surface area contributed by atoms with Gasteiger partial charge in [0.05, 0.1) is 10.7 Å². The number of nitrogens with one attached hydrogen (secondary N) is 1. The highest BCUT2D eigenvalue weighted by Crippen LogP contribution is 2.20. The molecule has 0 radical (unpaired) electrons. The topological polar surface area (TPSA) is 49.4 Å². The number of halogens is 1. The Labute approximate surface area is 134 Å². The van der Waals surface area contributed by atoms with Crippen LogP contribution in [0.2, 0.25) is 5.02 Å². The molecule has 0 bridgehead atoms. The van der Waals surface area contributed by atoms with Gasteiger partial charge in [-0.2, -0.15) is 0 Å². The van der Waals surface area contributed by atoms with Crippen LogP contribution in [0.25, 0.3) is 0 Å². The average Bonchev–Trinajstić information content (AvgIpc) is 2.55. The van der Waals surface area contributed by atoms with Crippen molar-refractivity contribution < 1.29 is 9.59 Å². The maximum absolute atomic E-state index is 12.3. The van der Waals surface area contributed by atoms with Crippen molar-refractivity contribution >= 4 is 29.1 Å². The minimum atomic E-state index is -0.689. The van der Waals surface area contributed by atoms with E-state index in [0.29, 0.717) is 23.8 Å². The maximum Gasteiger partial charge on any atom is 0.313 e. The molecular formula is C17H17ClN2O2. The Morgan fingerprint density at radius 3 is 2.32 bits per heavy atom. The minimum absolute atomic E-state index is 0.395. The molecule has 1 N–H and O–H groups in total. The zero-order valence-electron chi connectivity index (χ0n) is 12.3. The number of amides is 2. The molecule has 0 aliphatic carbocycles. The summed E-state index contributed by atoms with van der Waals surface area (Å²) in [5.74, 6) is -1.27. The average molecular weight is 317 g/mol. The predicted octanol–water partition coefficient (Wildman–Crippen LogP) is 3.33. The van der Waals surface area contributed by atoms with Crippen LogP contribution in [0, 0.1) is 0 Å². The zero-order valence-corrected chi connectivity index (χ0v) is 13.0. The highest BCUT2D eigenvalue weighted by atomic mass is 35.5. The summed E-state index contributed by atoms with van der Waals surface area (Å²) in [6, 6.07) is 16.4. The fourth-order valence-corrected chi connectivity index (χ4v) is 2.20. The number of para-hydroxylation sites is 1. The van der Waals surface area contributed by atoms with Gasteiger partial charge >= 0.3 is 11.8 Å². The van der Waals surface area contributed by atoms with Crippen LogP contribution in [0.1, 0.15) is 12.5 Å². The quantitative estimate of drug-likeness (QED) is 0.880. The molecular weight excluding hydrogens is 300 g/mol. The third-order valence-corrected chi connectivity index (χ3v) is 3.53. The van der Waals surface area contributed by atoms with Crippen LogP contribution in [0.3, 0.4) is 0 Å². The molecule has 0 heterocycles. The van der Waals surface area contributed by atoms with Gasteiger partial charge in [0.25, 0.3) is 0 Å². The van der Waals surface area contributed by atoms with Crippen LogP contribution in [-0.2, 0) is 16.1 Å². The summed E-state index contributed by atoms with van der Waals surface area (Å²) in [5, 5.41) is 2.95. The molecule has 0 atom stereocenters. The van der Waals surface area contributed by atoms with Crippen molar-refractivity contribution in [1.29, 1.82) is 0 Å². The summed E-state index contributed by atoms with van der Waals surface area (Å²) in [7, 11) is 0. The standard InChI is InChI=1S/C17H17ClN2O2/c1-2-20(12-13-8-4-3-5-9-13)17(22)16(21)19-15-11-7-6-10-14(15)18/h3-11H,2,12H2,1H3,(H,19,21). The van der Waals surface area contributed by atoms with E-state index in [1.54, 1.807) is 24.3 Å². The van der Waals surface area contributed by atoms with Gasteiger partial charge in [0.2, 0.25) is 0 Å². The highest BCUT2D eigenvalue weighted by molar-refractivity contribution is 6.41. The second kappa shape index (κ2) is 7.61. The molecule has 0 saturated heterocycles. The van der Waals surface area contributed by atoms with E-state index in [1.807, 2.05) is 37.3 Å². The van der Waals surface area contributed by atoms with Gasteiger partial charge in [-0.3, -0.25) is 9.59 Å². The monoisotopic (exact) mass is 316 g/mol. The molecule has 0 spiro atoms. The fourth-order valence-electron chi connectivity index (χ4n) is 2.01. The number of anilines is 1. The smallest absolute Gasteiger partial charge is 0.313 e. The van der Waals surface area contributed by atoms with Crippen molar-refractivity contribution in [3.8, 4) is 0 Å². The number of benzene rings is 2. The van der Waals surface area contributed by atoms with E-state index in [2.05, 4.69) is 5.32 Å². The number of likely N-dealkylation sites (N-methyl/N-ethyl adjacent to an activating group) is 1. The van der Waals surface area contributed by atoms with E-state index in [0.717, 1.165) is 5.56 Å². The molecule has 2 aromatic rings. The highest BCUT2D eigenvalue weighted by Gasteiger charge is 2.21. The van der Waals surface area contributed by atoms with Crippen molar-refractivity contribution in [2.75, 3.05) is 11.9 Å². The van der Waals surface area contributed by atoms with Gasteiger partial charge in [-0.25, -0.2) is 0 Å². The Bertz CT molecular complexity index is 659. The van der Waals surface area contributed by atoms with Crippen molar-refractivity contribution in [3.05, 3.63) is 65.2 Å². The first-order chi connectivity index (χ1) is 10.6. The van der Waals surface area contributed by atoms with Crippen LogP contribution in [0.15, 0.2) is 54.6 Å². The fraction of sp³-hybridized carbons (Fsp3) is 0.176. The summed E-state index contributed by atoms with van der Waals surface area (Å²) in [5.41, 5.74) is 1.40. The zero-order chi connectivity index (χ0) is 15.9. The van der Waals surface area contributed by atoms with E-state index in [1.165, 1.54) is 4.90 Å². The van der Waals surface area contributed by atoms with Gasteiger partial charge < -0.3 is 10.2 Å². The second-order valence-electron chi connectivity index (χ2n) is 4.74. The molecule has 114 valence electrons. The van der Waals surface area contributed by atoms with Crippen molar-refractivity contribution in [1.82, 2.24) is 4.90 Å². The molecule has 0 aliphatic rings. The number of nitrogens with zero attached hydrogens (tertiary/aromatic N) is 1. The first kappa shape index (κ1) is 16.0. The Hall–Kier alpha value is -2.33. The van der Waals surface area contributed by atoms with Crippen molar-refractivity contribution in [2.45, 2.75) is 13.5 Å². The Morgan fingerprint density at radius 2 is 1.68 bits per heavy atom. The SMILES string of the molecule is CCN(Cc1ccccc1)C(=O)C(=O)Nc1ccccc1Cl. The van der Waals surface area contributed by atoms with Crippen LogP contribution >= 0.6 is 11.6 Å². The number of carbonyl (C=O) groups excluding carboxylic acids is 2. The molecule has 0 aromatic heterocycles. The first-order valence-electron chi connectivity index (χ1n) is 7.00. The molecule has 0 saturated carbocycles. The largest absolute Gasteiger partial charge is 0.330 e. The predicted molar refractivity (Wildman–Crippen MR) is 87.6 cm³/mol. The van der Waals surface area contributed by atoms with E-state index >= 15 is 0 Å². The summed E-state index contributed by atoms with van der Waals surface area (Å²) in [6.07, 6.45) is 0. The third kappa shape index (κ3) is 4.09. The molecule has 2 aromatic carbocycles. The summed E-state index contributed by atoms with van der Waals surface area (Å²) in [4.78, 5) is 25.8. The molecule has 5 heteroatoms. The molecule has 22 heavy (non-hydrogen) atoms. The normalized spacial score (nSPS) is 10.1. The van der Waals surface area contributed by atoms with Gasteiger partial charge in [-0.15, -0.1) is 0 Å². The van der Waals surface area contributed by atoms with Gasteiger partial charge in [-0.1, -0.05) is 54.1 Å². The Kier molecular flexibility index (Phi) is 5.55. The third-order valence-electron chi connectivity index (χ3n) is 3.20. The summed E-state index contributed by atoms with van der Waals surface area (Å²) >= 11 is 5.98. The van der Waals surface area contributed by atoms with Gasteiger partial charge in [-0.05, 0) is 24.6 Å². The summed E-state index contributed by atoms with van der Waals surface area (Å²) in [6.45, 7) is 2.68. The van der Waals surface area contributed by atoms with Crippen molar-refractivity contribution in [3.63, 3.8) is 0 Å². The Morgan fingerprint density at radius 1 is 1.05 bits per heavy atom. The lowest BCUT2D eigenvalue weighted by Crippen LogP contribution is -2.39. The lowest BCUT2D eigenvalue weighted by atomic mass is 10.2. The second-order valence-corrected chi connectivity index (χ2v) is 5.15. The molecule has 0 aliphatic heterocycles. The minimum Gasteiger partial charge on any atom is -0.330 e. The number of carbonyl (C=O) groups is 2. The summed E-state index contributed by atoms with van der Waals surface area (Å²) < 4.78 is 0. The van der Waals surface area contributed by atoms with E-state index in [4.69, 9.17) is 11.6 Å². The van der Waals surface area contributed by atoms with Crippen LogP contribution in [0.4, 0.5) is 5.69 Å². The van der Waals surface area contributed by atoms with Crippen LogP contribution in [0.5, 0.6) is 0 Å². The molecule has 0 fully saturated rings. The lowest BCUT2D eigenvalue weighted by Gasteiger charge is -2.20. The number of rotatable bonds is 4. The number of hydrogen-bond donors (Lipinski definition) is 1. The maximum atomic E-state index is 12.3.